The molecule has 0 spiro atoms. The molecule has 0 aromatic carbocycles. The molecule has 0 aliphatic carbocycles. The molecule has 1 N–H and O–H groups in total. The average Bonchev–Trinajstić information content (AvgIpc) is 2.36. The lowest BCUT2D eigenvalue weighted by Gasteiger charge is -2.21. The van der Waals surface area contributed by atoms with Crippen LogP contribution in [0.15, 0.2) is 0 Å². The first-order chi connectivity index (χ1) is 8.51. The SMILES string of the molecule is CCC(=O)N(CCCNC(C)=O)CCC(=O)OC. The van der Waals surface area contributed by atoms with Gasteiger partial charge in [0.15, 0.2) is 0 Å². The molecule has 6 nitrogen and oxygen atoms in total. The Bertz CT molecular complexity index is 292. The Kier molecular flexibility index (Phi) is 8.61. The number of rotatable bonds is 8. The van der Waals surface area contributed by atoms with Gasteiger partial charge in [0, 0.05) is 33.0 Å². The molecule has 0 aliphatic rings. The van der Waals surface area contributed by atoms with E-state index < -0.39 is 0 Å². The van der Waals surface area contributed by atoms with Crippen LogP contribution in [0.4, 0.5) is 0 Å². The number of carbonyl (C=O) groups is 3. The fourth-order valence-electron chi connectivity index (χ4n) is 1.45. The van der Waals surface area contributed by atoms with Gasteiger partial charge >= 0.3 is 5.97 Å². The minimum Gasteiger partial charge on any atom is -0.469 e. The molecule has 0 unspecified atom stereocenters. The Hall–Kier alpha value is -1.59. The number of amides is 2. The Morgan fingerprint density at radius 3 is 2.39 bits per heavy atom. The predicted octanol–water partition coefficient (Wildman–Crippen LogP) is 0.314. The molecule has 0 aromatic heterocycles. The maximum Gasteiger partial charge on any atom is 0.307 e. The fourth-order valence-corrected chi connectivity index (χ4v) is 1.45. The first kappa shape index (κ1) is 16.4. The van der Waals surface area contributed by atoms with Crippen molar-refractivity contribution in [1.29, 1.82) is 0 Å². The molecule has 0 aliphatic heterocycles. The van der Waals surface area contributed by atoms with E-state index in [4.69, 9.17) is 0 Å². The van der Waals surface area contributed by atoms with Gasteiger partial charge in [0.1, 0.15) is 0 Å². The van der Waals surface area contributed by atoms with Gasteiger partial charge in [-0.1, -0.05) is 6.92 Å². The van der Waals surface area contributed by atoms with E-state index in [1.54, 1.807) is 11.8 Å². The fraction of sp³-hybridized carbons (Fsp3) is 0.750. The highest BCUT2D eigenvalue weighted by Crippen LogP contribution is 1.99. The van der Waals surface area contributed by atoms with Crippen molar-refractivity contribution in [3.05, 3.63) is 0 Å². The van der Waals surface area contributed by atoms with Crippen LogP contribution in [0.25, 0.3) is 0 Å². The highest BCUT2D eigenvalue weighted by Gasteiger charge is 2.13. The second-order valence-corrected chi connectivity index (χ2v) is 3.90. The van der Waals surface area contributed by atoms with Gasteiger partial charge < -0.3 is 15.0 Å². The summed E-state index contributed by atoms with van der Waals surface area (Å²) in [7, 11) is 1.32. The van der Waals surface area contributed by atoms with Crippen LogP contribution < -0.4 is 5.32 Å². The summed E-state index contributed by atoms with van der Waals surface area (Å²) in [5.41, 5.74) is 0. The summed E-state index contributed by atoms with van der Waals surface area (Å²) in [5, 5.41) is 2.67. The molecular weight excluding hydrogens is 236 g/mol. The molecule has 18 heavy (non-hydrogen) atoms. The van der Waals surface area contributed by atoms with Crippen molar-refractivity contribution < 1.29 is 19.1 Å². The van der Waals surface area contributed by atoms with Gasteiger partial charge in [0.25, 0.3) is 0 Å². The van der Waals surface area contributed by atoms with E-state index in [9.17, 15) is 14.4 Å². The van der Waals surface area contributed by atoms with Crippen molar-refractivity contribution in [3.63, 3.8) is 0 Å². The summed E-state index contributed by atoms with van der Waals surface area (Å²) in [6.45, 7) is 4.65. The highest BCUT2D eigenvalue weighted by molar-refractivity contribution is 5.77. The smallest absolute Gasteiger partial charge is 0.307 e. The van der Waals surface area contributed by atoms with Crippen LogP contribution in [0.5, 0.6) is 0 Å². The van der Waals surface area contributed by atoms with Crippen molar-refractivity contribution in [2.45, 2.75) is 33.1 Å². The predicted molar refractivity (Wildman–Crippen MR) is 66.8 cm³/mol. The van der Waals surface area contributed by atoms with E-state index in [0.29, 0.717) is 32.5 Å². The van der Waals surface area contributed by atoms with E-state index in [1.165, 1.54) is 14.0 Å². The quantitative estimate of drug-likeness (QED) is 0.502. The number of methoxy groups -OCH3 is 1. The lowest BCUT2D eigenvalue weighted by Crippen LogP contribution is -2.35. The number of nitrogens with one attached hydrogen (secondary N) is 1. The monoisotopic (exact) mass is 258 g/mol. The summed E-state index contributed by atoms with van der Waals surface area (Å²) in [5.74, 6) is -0.412. The van der Waals surface area contributed by atoms with Crippen LogP contribution in [0.1, 0.15) is 33.1 Å². The summed E-state index contributed by atoms with van der Waals surface area (Å²) in [6, 6.07) is 0. The molecule has 0 rings (SSSR count). The van der Waals surface area contributed by atoms with E-state index in [1.807, 2.05) is 0 Å². The topological polar surface area (TPSA) is 75.7 Å². The van der Waals surface area contributed by atoms with Gasteiger partial charge in [-0.3, -0.25) is 14.4 Å². The Labute approximate surface area is 108 Å². The van der Waals surface area contributed by atoms with Crippen LogP contribution >= 0.6 is 0 Å². The lowest BCUT2D eigenvalue weighted by molar-refractivity contribution is -0.141. The van der Waals surface area contributed by atoms with Gasteiger partial charge in [-0.15, -0.1) is 0 Å². The summed E-state index contributed by atoms with van der Waals surface area (Å²) >= 11 is 0. The van der Waals surface area contributed by atoms with Crippen molar-refractivity contribution in [3.8, 4) is 0 Å². The second-order valence-electron chi connectivity index (χ2n) is 3.90. The third kappa shape index (κ3) is 7.65. The van der Waals surface area contributed by atoms with E-state index in [0.717, 1.165) is 0 Å². The number of nitrogens with zero attached hydrogens (tertiary/aromatic N) is 1. The van der Waals surface area contributed by atoms with Gasteiger partial charge in [0.2, 0.25) is 11.8 Å². The molecule has 0 saturated heterocycles. The third-order valence-corrected chi connectivity index (χ3v) is 2.45. The molecule has 6 heteroatoms. The number of ether oxygens (including phenoxy) is 1. The van der Waals surface area contributed by atoms with Crippen LogP contribution in [-0.4, -0.2) is 49.4 Å². The van der Waals surface area contributed by atoms with Crippen molar-refractivity contribution in [1.82, 2.24) is 10.2 Å². The van der Waals surface area contributed by atoms with Crippen molar-refractivity contribution >= 4 is 17.8 Å². The molecule has 104 valence electrons. The number of carbonyl (C=O) groups excluding carboxylic acids is 3. The van der Waals surface area contributed by atoms with E-state index in [-0.39, 0.29) is 24.2 Å². The van der Waals surface area contributed by atoms with Gasteiger partial charge in [-0.2, -0.15) is 0 Å². The largest absolute Gasteiger partial charge is 0.469 e. The molecule has 0 bridgehead atoms. The first-order valence-corrected chi connectivity index (χ1v) is 6.10. The minimum absolute atomic E-state index is 0.00160. The third-order valence-electron chi connectivity index (χ3n) is 2.45. The summed E-state index contributed by atoms with van der Waals surface area (Å²) < 4.78 is 4.54. The molecule has 0 aromatic rings. The molecule has 0 atom stereocenters. The zero-order chi connectivity index (χ0) is 14.0. The molecule has 0 radical (unpaired) electrons. The molecular formula is C12H22N2O4. The maximum absolute atomic E-state index is 11.6. The Balaban J connectivity index is 4.03. The Morgan fingerprint density at radius 2 is 1.89 bits per heavy atom. The normalized spacial score (nSPS) is 9.72. The Morgan fingerprint density at radius 1 is 1.22 bits per heavy atom. The number of hydrogen-bond donors (Lipinski definition) is 1. The maximum atomic E-state index is 11.6. The summed E-state index contributed by atoms with van der Waals surface area (Å²) in [4.78, 5) is 35.0. The molecule has 0 saturated carbocycles. The van der Waals surface area contributed by atoms with Crippen LogP contribution in [0, 0.1) is 0 Å². The van der Waals surface area contributed by atoms with E-state index >= 15 is 0 Å². The second kappa shape index (κ2) is 9.44. The molecule has 2 amide bonds. The van der Waals surface area contributed by atoms with Crippen LogP contribution in [0.2, 0.25) is 0 Å². The first-order valence-electron chi connectivity index (χ1n) is 6.10. The van der Waals surface area contributed by atoms with Crippen LogP contribution in [0.3, 0.4) is 0 Å². The van der Waals surface area contributed by atoms with E-state index in [2.05, 4.69) is 10.1 Å². The average molecular weight is 258 g/mol. The molecule has 0 fully saturated rings. The highest BCUT2D eigenvalue weighted by atomic mass is 16.5. The van der Waals surface area contributed by atoms with Crippen molar-refractivity contribution in [2.75, 3.05) is 26.7 Å². The number of esters is 1. The van der Waals surface area contributed by atoms with Crippen LogP contribution in [-0.2, 0) is 19.1 Å². The van der Waals surface area contributed by atoms with Gasteiger partial charge in [-0.05, 0) is 6.42 Å². The van der Waals surface area contributed by atoms with Gasteiger partial charge in [0.05, 0.1) is 13.5 Å². The lowest BCUT2D eigenvalue weighted by atomic mass is 10.3. The van der Waals surface area contributed by atoms with Crippen molar-refractivity contribution in [2.24, 2.45) is 0 Å². The summed E-state index contributed by atoms with van der Waals surface area (Å²) in [6.07, 6.45) is 1.27. The zero-order valence-electron chi connectivity index (χ0n) is 11.3. The van der Waals surface area contributed by atoms with Gasteiger partial charge in [-0.25, -0.2) is 0 Å². The number of hydrogen-bond acceptors (Lipinski definition) is 4. The molecule has 0 heterocycles. The zero-order valence-corrected chi connectivity index (χ0v) is 11.3. The minimum atomic E-state index is -0.328. The standard InChI is InChI=1S/C12H22N2O4/c1-4-11(16)14(9-6-12(17)18-3)8-5-7-13-10(2)15/h4-9H2,1-3H3,(H,13,15).